The number of amides is 2. The topological polar surface area (TPSA) is 105 Å². The Morgan fingerprint density at radius 2 is 1.69 bits per heavy atom. The molecule has 35 heavy (non-hydrogen) atoms. The fourth-order valence-electron chi connectivity index (χ4n) is 5.60. The van der Waals surface area contributed by atoms with Gasteiger partial charge in [0, 0.05) is 31.5 Å². The lowest BCUT2D eigenvalue weighted by Crippen LogP contribution is -2.53. The number of rotatable bonds is 6. The molecular weight excluding hydrogens is 448 g/mol. The molecule has 3 atom stereocenters. The van der Waals surface area contributed by atoms with E-state index < -0.39 is 24.2 Å². The Kier molecular flexibility index (Phi) is 6.72. The van der Waals surface area contributed by atoms with Gasteiger partial charge in [-0.15, -0.1) is 0 Å². The second-order valence-electron chi connectivity index (χ2n) is 9.43. The Morgan fingerprint density at radius 1 is 1.00 bits per heavy atom. The molecule has 1 aliphatic carbocycles. The van der Waals surface area contributed by atoms with Gasteiger partial charge in [0.15, 0.2) is 0 Å². The summed E-state index contributed by atoms with van der Waals surface area (Å²) < 4.78 is 11.3. The molecular formula is C27H30N2O6. The average Bonchev–Trinajstić information content (AvgIpc) is 3.48. The van der Waals surface area contributed by atoms with Crippen molar-refractivity contribution in [1.29, 1.82) is 0 Å². The summed E-state index contributed by atoms with van der Waals surface area (Å²) in [6, 6.07) is 15.5. The number of alkyl carbamates (subject to hydrolysis) is 1. The highest BCUT2D eigenvalue weighted by Crippen LogP contribution is 2.44. The molecule has 1 unspecified atom stereocenters. The van der Waals surface area contributed by atoms with E-state index in [-0.39, 0.29) is 30.9 Å². The molecule has 2 aliphatic heterocycles. The second-order valence-corrected chi connectivity index (χ2v) is 9.43. The van der Waals surface area contributed by atoms with Crippen LogP contribution in [0.3, 0.4) is 0 Å². The number of hydrogen-bond acceptors (Lipinski definition) is 5. The number of benzene rings is 2. The lowest BCUT2D eigenvalue weighted by Gasteiger charge is -2.35. The summed E-state index contributed by atoms with van der Waals surface area (Å²) in [4.78, 5) is 38.7. The Labute approximate surface area is 204 Å². The number of likely N-dealkylation sites (tertiary alicyclic amines) is 1. The molecule has 2 aromatic carbocycles. The number of nitrogens with zero attached hydrogens (tertiary/aromatic N) is 1. The molecule has 8 nitrogen and oxygen atoms in total. The van der Waals surface area contributed by atoms with Gasteiger partial charge < -0.3 is 24.8 Å². The summed E-state index contributed by atoms with van der Waals surface area (Å²) in [6.45, 7) is 1.28. The van der Waals surface area contributed by atoms with E-state index in [0.29, 0.717) is 26.0 Å². The minimum absolute atomic E-state index is 0.0238. The standard InChI is InChI=1S/C27H30N2O6/c30-25(29-13-6-5-11-23(29)26(31)32)24-17(12-14-34-24)15-28-27(33)35-16-22-20-9-3-1-7-18(20)19-8-2-4-10-21(19)22/h1-4,7-10,17,22-24H,5-6,11-16H2,(H,28,33)(H,31,32)/t17-,23?,24-/m1/s1. The van der Waals surface area contributed by atoms with Crippen molar-refractivity contribution in [3.8, 4) is 11.1 Å². The average molecular weight is 479 g/mol. The number of hydrogen-bond donors (Lipinski definition) is 2. The molecule has 2 heterocycles. The molecule has 2 aromatic rings. The van der Waals surface area contributed by atoms with Crippen molar-refractivity contribution in [3.63, 3.8) is 0 Å². The number of piperidine rings is 1. The predicted octanol–water partition coefficient (Wildman–Crippen LogP) is 3.40. The largest absolute Gasteiger partial charge is 0.480 e. The zero-order chi connectivity index (χ0) is 24.4. The van der Waals surface area contributed by atoms with Crippen LogP contribution >= 0.6 is 0 Å². The van der Waals surface area contributed by atoms with Crippen molar-refractivity contribution < 1.29 is 29.0 Å². The monoisotopic (exact) mass is 478 g/mol. The summed E-state index contributed by atoms with van der Waals surface area (Å²) in [5.74, 6) is -1.53. The van der Waals surface area contributed by atoms with Crippen LogP contribution in [0.15, 0.2) is 48.5 Å². The first-order chi connectivity index (χ1) is 17.0. The highest BCUT2D eigenvalue weighted by Gasteiger charge is 2.41. The van der Waals surface area contributed by atoms with Crippen LogP contribution in [0.4, 0.5) is 4.79 Å². The summed E-state index contributed by atoms with van der Waals surface area (Å²) in [5, 5.41) is 12.3. The van der Waals surface area contributed by atoms with E-state index in [1.807, 2.05) is 24.3 Å². The summed E-state index contributed by atoms with van der Waals surface area (Å²) in [6.07, 6.45) is 1.36. The quantitative estimate of drug-likeness (QED) is 0.659. The zero-order valence-corrected chi connectivity index (χ0v) is 19.5. The molecule has 5 rings (SSSR count). The minimum Gasteiger partial charge on any atom is -0.480 e. The van der Waals surface area contributed by atoms with Gasteiger partial charge in [-0.25, -0.2) is 9.59 Å². The Bertz CT molecular complexity index is 1070. The van der Waals surface area contributed by atoms with Crippen LogP contribution in [0.2, 0.25) is 0 Å². The van der Waals surface area contributed by atoms with E-state index in [1.165, 1.54) is 16.0 Å². The number of fused-ring (bicyclic) bond motifs is 3. The Hall–Kier alpha value is -3.39. The third-order valence-corrected chi connectivity index (χ3v) is 7.38. The van der Waals surface area contributed by atoms with Crippen molar-refractivity contribution in [2.45, 2.75) is 43.7 Å². The number of nitrogens with one attached hydrogen (secondary N) is 1. The number of carboxylic acids is 1. The molecule has 2 fully saturated rings. The molecule has 2 amide bonds. The Morgan fingerprint density at radius 3 is 2.37 bits per heavy atom. The first-order valence-electron chi connectivity index (χ1n) is 12.3. The molecule has 2 N–H and O–H groups in total. The van der Waals surface area contributed by atoms with Gasteiger partial charge in [0.2, 0.25) is 0 Å². The fraction of sp³-hybridized carbons (Fsp3) is 0.444. The second kappa shape index (κ2) is 10.1. The van der Waals surface area contributed by atoms with Crippen LogP contribution in [0.1, 0.15) is 42.7 Å². The van der Waals surface area contributed by atoms with Crippen LogP contribution in [0, 0.1) is 5.92 Å². The van der Waals surface area contributed by atoms with Gasteiger partial charge in [-0.3, -0.25) is 4.79 Å². The van der Waals surface area contributed by atoms with Crippen LogP contribution in [-0.4, -0.2) is 66.4 Å². The number of carbonyl (C=O) groups excluding carboxylic acids is 2. The van der Waals surface area contributed by atoms with Crippen LogP contribution in [0.5, 0.6) is 0 Å². The Balaban J connectivity index is 1.17. The van der Waals surface area contributed by atoms with Gasteiger partial charge in [-0.1, -0.05) is 48.5 Å². The van der Waals surface area contributed by atoms with Gasteiger partial charge in [-0.2, -0.15) is 0 Å². The highest BCUT2D eigenvalue weighted by atomic mass is 16.5. The van der Waals surface area contributed by atoms with Crippen molar-refractivity contribution in [1.82, 2.24) is 10.2 Å². The maximum atomic E-state index is 13.1. The fourth-order valence-corrected chi connectivity index (χ4v) is 5.60. The smallest absolute Gasteiger partial charge is 0.407 e. The minimum atomic E-state index is -0.982. The van der Waals surface area contributed by atoms with Crippen molar-refractivity contribution in [3.05, 3.63) is 59.7 Å². The van der Waals surface area contributed by atoms with Gasteiger partial charge >= 0.3 is 12.1 Å². The molecule has 0 saturated carbocycles. The maximum Gasteiger partial charge on any atom is 0.407 e. The van der Waals surface area contributed by atoms with E-state index >= 15 is 0 Å². The molecule has 0 bridgehead atoms. The van der Waals surface area contributed by atoms with Gasteiger partial charge in [0.05, 0.1) is 0 Å². The normalized spacial score (nSPS) is 23.4. The molecule has 0 spiro atoms. The summed E-state index contributed by atoms with van der Waals surface area (Å²) >= 11 is 0. The zero-order valence-electron chi connectivity index (χ0n) is 19.5. The molecule has 0 aromatic heterocycles. The highest BCUT2D eigenvalue weighted by molar-refractivity contribution is 5.87. The van der Waals surface area contributed by atoms with Gasteiger partial charge in [-0.05, 0) is 47.9 Å². The van der Waals surface area contributed by atoms with Gasteiger partial charge in [0.25, 0.3) is 5.91 Å². The number of carboxylic acid groups (broad SMARTS) is 1. The third-order valence-electron chi connectivity index (χ3n) is 7.38. The van der Waals surface area contributed by atoms with E-state index in [9.17, 15) is 19.5 Å². The van der Waals surface area contributed by atoms with Crippen molar-refractivity contribution >= 4 is 18.0 Å². The molecule has 8 heteroatoms. The predicted molar refractivity (Wildman–Crippen MR) is 128 cm³/mol. The molecule has 184 valence electrons. The van der Waals surface area contributed by atoms with Crippen molar-refractivity contribution in [2.24, 2.45) is 5.92 Å². The first kappa shape index (κ1) is 23.4. The van der Waals surface area contributed by atoms with E-state index in [1.54, 1.807) is 0 Å². The number of ether oxygens (including phenoxy) is 2. The van der Waals surface area contributed by atoms with E-state index in [2.05, 4.69) is 29.6 Å². The first-order valence-corrected chi connectivity index (χ1v) is 12.3. The summed E-state index contributed by atoms with van der Waals surface area (Å²) in [7, 11) is 0. The van der Waals surface area contributed by atoms with Crippen molar-refractivity contribution in [2.75, 3.05) is 26.3 Å². The SMILES string of the molecule is O=C(NC[C@H]1CCO[C@H]1C(=O)N1CCCCC1C(=O)O)OCC1c2ccccc2-c2ccccc21. The molecule has 2 saturated heterocycles. The molecule has 0 radical (unpaired) electrons. The lowest BCUT2D eigenvalue weighted by atomic mass is 9.96. The lowest BCUT2D eigenvalue weighted by molar-refractivity contribution is -0.157. The van der Waals surface area contributed by atoms with E-state index in [4.69, 9.17) is 9.47 Å². The summed E-state index contributed by atoms with van der Waals surface area (Å²) in [5.41, 5.74) is 4.62. The van der Waals surface area contributed by atoms with Crippen LogP contribution in [0.25, 0.3) is 11.1 Å². The molecule has 3 aliphatic rings. The van der Waals surface area contributed by atoms with Crippen LogP contribution < -0.4 is 5.32 Å². The number of aliphatic carboxylic acids is 1. The number of carbonyl (C=O) groups is 3. The van der Waals surface area contributed by atoms with E-state index in [0.717, 1.165) is 24.0 Å². The maximum absolute atomic E-state index is 13.1. The van der Waals surface area contributed by atoms with Crippen LogP contribution in [-0.2, 0) is 19.1 Å². The van der Waals surface area contributed by atoms with Gasteiger partial charge in [0.1, 0.15) is 18.8 Å². The third kappa shape index (κ3) is 4.62.